The highest BCUT2D eigenvalue weighted by Crippen LogP contribution is 2.32. The van der Waals surface area contributed by atoms with Gasteiger partial charge >= 0.3 is 12.1 Å². The van der Waals surface area contributed by atoms with E-state index in [1.807, 2.05) is 0 Å². The minimum atomic E-state index is -4.77. The molecule has 1 heterocycles. The summed E-state index contributed by atoms with van der Waals surface area (Å²) in [6.07, 6.45) is -3.32. The van der Waals surface area contributed by atoms with Crippen LogP contribution in [0.3, 0.4) is 0 Å². The van der Waals surface area contributed by atoms with E-state index in [1.54, 1.807) is 6.92 Å². The summed E-state index contributed by atoms with van der Waals surface area (Å²) in [6.45, 7) is 1.80. The molecule has 0 saturated heterocycles. The Morgan fingerprint density at radius 2 is 1.95 bits per heavy atom. The highest BCUT2D eigenvalue weighted by atomic mass is 19.4. The highest BCUT2D eigenvalue weighted by molar-refractivity contribution is 5.89. The van der Waals surface area contributed by atoms with Crippen molar-refractivity contribution in [3.05, 3.63) is 23.5 Å². The number of aromatic nitrogens is 1. The maximum Gasteiger partial charge on any atom is 0.418 e. The van der Waals surface area contributed by atoms with Gasteiger partial charge in [0.1, 0.15) is 6.54 Å². The molecule has 1 rings (SSSR count). The highest BCUT2D eigenvalue weighted by Gasteiger charge is 2.37. The zero-order chi connectivity index (χ0) is 14.8. The number of nitrogens with zero attached hydrogens (tertiary/aromatic N) is 2. The summed E-state index contributed by atoms with van der Waals surface area (Å²) in [7, 11) is 1.51. The standard InChI is InChI=1S/C11H13F3N2O3/c1-3-15(2)9(17)6-16-4-7(10(18)19)8(5-16)11(12,13)14/h4-5H,3,6H2,1-2H3,(H,18,19). The van der Waals surface area contributed by atoms with Gasteiger partial charge in [0.05, 0.1) is 11.1 Å². The van der Waals surface area contributed by atoms with Crippen LogP contribution in [0.15, 0.2) is 12.4 Å². The average molecular weight is 278 g/mol. The quantitative estimate of drug-likeness (QED) is 0.911. The molecule has 1 aromatic heterocycles. The minimum Gasteiger partial charge on any atom is -0.478 e. The fourth-order valence-corrected chi connectivity index (χ4v) is 1.45. The molecule has 19 heavy (non-hydrogen) atoms. The number of carbonyl (C=O) groups is 2. The zero-order valence-electron chi connectivity index (χ0n) is 10.4. The summed E-state index contributed by atoms with van der Waals surface area (Å²) < 4.78 is 38.8. The Labute approximate surface area is 107 Å². The molecule has 0 aliphatic carbocycles. The van der Waals surface area contributed by atoms with E-state index < -0.39 is 29.2 Å². The van der Waals surface area contributed by atoms with Crippen LogP contribution in [0.25, 0.3) is 0 Å². The number of likely N-dealkylation sites (N-methyl/N-ethyl adjacent to an activating group) is 1. The van der Waals surface area contributed by atoms with Crippen molar-refractivity contribution in [2.75, 3.05) is 13.6 Å². The van der Waals surface area contributed by atoms with Crippen molar-refractivity contribution in [3.8, 4) is 0 Å². The molecule has 0 bridgehead atoms. The average Bonchev–Trinajstić information content (AvgIpc) is 2.71. The second kappa shape index (κ2) is 5.33. The summed E-state index contributed by atoms with van der Waals surface area (Å²) in [5.74, 6) is -2.08. The molecule has 8 heteroatoms. The number of hydrogen-bond acceptors (Lipinski definition) is 2. The third-order valence-corrected chi connectivity index (χ3v) is 2.63. The van der Waals surface area contributed by atoms with Crippen LogP contribution < -0.4 is 0 Å². The molecule has 1 amide bonds. The number of carboxylic acid groups (broad SMARTS) is 1. The predicted octanol–water partition coefficient (Wildman–Crippen LogP) is 1.68. The first-order valence-electron chi connectivity index (χ1n) is 5.41. The first kappa shape index (κ1) is 15.1. The van der Waals surface area contributed by atoms with Crippen molar-refractivity contribution in [2.24, 2.45) is 0 Å². The van der Waals surface area contributed by atoms with Gasteiger partial charge in [0.2, 0.25) is 5.91 Å². The number of alkyl halides is 3. The van der Waals surface area contributed by atoms with Crippen LogP contribution in [0.5, 0.6) is 0 Å². The summed E-state index contributed by atoms with van der Waals surface area (Å²) in [5.41, 5.74) is -2.12. The van der Waals surface area contributed by atoms with E-state index in [0.29, 0.717) is 12.7 Å². The molecule has 0 aliphatic heterocycles. The van der Waals surface area contributed by atoms with E-state index >= 15 is 0 Å². The maximum absolute atomic E-state index is 12.6. The summed E-state index contributed by atoms with van der Waals surface area (Å²) >= 11 is 0. The van der Waals surface area contributed by atoms with Gasteiger partial charge in [-0.2, -0.15) is 13.2 Å². The number of halogens is 3. The summed E-state index contributed by atoms with van der Waals surface area (Å²) in [5, 5.41) is 8.72. The molecule has 0 atom stereocenters. The fraction of sp³-hybridized carbons (Fsp3) is 0.455. The van der Waals surface area contributed by atoms with Crippen LogP contribution in [0.2, 0.25) is 0 Å². The van der Waals surface area contributed by atoms with Crippen molar-refractivity contribution in [3.63, 3.8) is 0 Å². The van der Waals surface area contributed by atoms with E-state index in [1.165, 1.54) is 11.9 Å². The van der Waals surface area contributed by atoms with Gasteiger partial charge in [-0.1, -0.05) is 0 Å². The van der Waals surface area contributed by atoms with Gasteiger partial charge in [0.15, 0.2) is 0 Å². The Kier molecular flexibility index (Phi) is 4.23. The summed E-state index contributed by atoms with van der Waals surface area (Å²) in [6, 6.07) is 0. The van der Waals surface area contributed by atoms with E-state index in [9.17, 15) is 22.8 Å². The van der Waals surface area contributed by atoms with E-state index in [4.69, 9.17) is 5.11 Å². The molecule has 5 nitrogen and oxygen atoms in total. The van der Waals surface area contributed by atoms with Crippen LogP contribution in [0.4, 0.5) is 13.2 Å². The van der Waals surface area contributed by atoms with Gasteiger partial charge in [0, 0.05) is 26.0 Å². The summed E-state index contributed by atoms with van der Waals surface area (Å²) in [4.78, 5) is 23.6. The van der Waals surface area contributed by atoms with Crippen LogP contribution >= 0.6 is 0 Å². The largest absolute Gasteiger partial charge is 0.478 e. The Bertz CT molecular complexity index is 494. The number of aromatic carboxylic acids is 1. The van der Waals surface area contributed by atoms with E-state index in [0.717, 1.165) is 10.8 Å². The zero-order valence-corrected chi connectivity index (χ0v) is 10.4. The number of rotatable bonds is 4. The lowest BCUT2D eigenvalue weighted by molar-refractivity contribution is -0.138. The first-order valence-corrected chi connectivity index (χ1v) is 5.41. The lowest BCUT2D eigenvalue weighted by Crippen LogP contribution is -2.29. The fourth-order valence-electron chi connectivity index (χ4n) is 1.45. The number of carboxylic acids is 1. The molecule has 0 aromatic carbocycles. The Balaban J connectivity index is 3.06. The molecule has 0 saturated carbocycles. The van der Waals surface area contributed by atoms with Gasteiger partial charge in [-0.05, 0) is 6.92 Å². The van der Waals surface area contributed by atoms with Gasteiger partial charge in [-0.3, -0.25) is 4.79 Å². The minimum absolute atomic E-state index is 0.333. The molecule has 0 fully saturated rings. The van der Waals surface area contributed by atoms with Crippen LogP contribution in [-0.2, 0) is 17.5 Å². The van der Waals surface area contributed by atoms with Gasteiger partial charge in [-0.25, -0.2) is 4.79 Å². The topological polar surface area (TPSA) is 62.5 Å². The van der Waals surface area contributed by atoms with E-state index in [-0.39, 0.29) is 6.54 Å². The Morgan fingerprint density at radius 1 is 1.37 bits per heavy atom. The van der Waals surface area contributed by atoms with Gasteiger partial charge in [0.25, 0.3) is 0 Å². The van der Waals surface area contributed by atoms with Gasteiger partial charge < -0.3 is 14.6 Å². The maximum atomic E-state index is 12.6. The predicted molar refractivity (Wildman–Crippen MR) is 59.7 cm³/mol. The normalized spacial score (nSPS) is 11.4. The Morgan fingerprint density at radius 3 is 2.32 bits per heavy atom. The van der Waals surface area contributed by atoms with Crippen LogP contribution in [0, 0.1) is 0 Å². The molecule has 1 aromatic rings. The second-order valence-electron chi connectivity index (χ2n) is 3.97. The van der Waals surface area contributed by atoms with Crippen LogP contribution in [-0.4, -0.2) is 40.0 Å². The van der Waals surface area contributed by atoms with E-state index in [2.05, 4.69) is 0 Å². The molecule has 106 valence electrons. The van der Waals surface area contributed by atoms with Crippen molar-refractivity contribution in [1.29, 1.82) is 0 Å². The van der Waals surface area contributed by atoms with Crippen molar-refractivity contribution in [2.45, 2.75) is 19.6 Å². The van der Waals surface area contributed by atoms with Crippen molar-refractivity contribution >= 4 is 11.9 Å². The third-order valence-electron chi connectivity index (χ3n) is 2.63. The monoisotopic (exact) mass is 278 g/mol. The molecule has 0 radical (unpaired) electrons. The number of carbonyl (C=O) groups excluding carboxylic acids is 1. The van der Waals surface area contributed by atoms with Crippen molar-refractivity contribution < 1.29 is 27.9 Å². The molecule has 0 aliphatic rings. The van der Waals surface area contributed by atoms with Gasteiger partial charge in [-0.15, -0.1) is 0 Å². The van der Waals surface area contributed by atoms with Crippen molar-refractivity contribution in [1.82, 2.24) is 9.47 Å². The lowest BCUT2D eigenvalue weighted by Gasteiger charge is -2.14. The SMILES string of the molecule is CCN(C)C(=O)Cn1cc(C(=O)O)c(C(F)(F)F)c1. The number of amides is 1. The molecule has 0 spiro atoms. The molecule has 1 N–H and O–H groups in total. The van der Waals surface area contributed by atoms with Crippen LogP contribution in [0.1, 0.15) is 22.8 Å². The lowest BCUT2D eigenvalue weighted by atomic mass is 10.2. The number of hydrogen-bond donors (Lipinski definition) is 1. The third kappa shape index (κ3) is 3.49. The molecular weight excluding hydrogens is 265 g/mol. The smallest absolute Gasteiger partial charge is 0.418 e. The molecular formula is C11H13F3N2O3. The Hall–Kier alpha value is -1.99. The molecule has 0 unspecified atom stereocenters. The second-order valence-corrected chi connectivity index (χ2v) is 3.97. The first-order chi connectivity index (χ1) is 8.66.